The molecular formula is C10H14N4O3. The van der Waals surface area contributed by atoms with E-state index < -0.39 is 5.97 Å². The maximum absolute atomic E-state index is 11.5. The summed E-state index contributed by atoms with van der Waals surface area (Å²) in [6, 6.07) is 1.65. The van der Waals surface area contributed by atoms with Gasteiger partial charge in [-0.05, 0) is 13.1 Å². The summed E-state index contributed by atoms with van der Waals surface area (Å²) >= 11 is 0. The minimum Gasteiger partial charge on any atom is -0.468 e. The molecule has 92 valence electrons. The van der Waals surface area contributed by atoms with Crippen LogP contribution in [0.5, 0.6) is 0 Å². The maximum atomic E-state index is 11.5. The molecule has 0 aromatic carbocycles. The van der Waals surface area contributed by atoms with Crippen LogP contribution in [0.4, 0.5) is 5.95 Å². The molecule has 0 spiro atoms. The fourth-order valence-electron chi connectivity index (χ4n) is 1.11. The Bertz CT molecular complexity index is 382. The minimum absolute atomic E-state index is 0.0551. The highest BCUT2D eigenvalue weighted by molar-refractivity contribution is 5.90. The molecule has 1 aromatic rings. The van der Waals surface area contributed by atoms with E-state index in [2.05, 4.69) is 20.0 Å². The van der Waals surface area contributed by atoms with Crippen LogP contribution in [0.2, 0.25) is 0 Å². The largest absolute Gasteiger partial charge is 0.468 e. The molecule has 0 saturated carbocycles. The van der Waals surface area contributed by atoms with Crippen LogP contribution in [0.15, 0.2) is 18.5 Å². The first-order valence-corrected chi connectivity index (χ1v) is 4.94. The number of aromatic nitrogens is 2. The van der Waals surface area contributed by atoms with E-state index in [4.69, 9.17) is 0 Å². The molecule has 1 N–H and O–H groups in total. The number of carbonyl (C=O) groups is 2. The van der Waals surface area contributed by atoms with Crippen molar-refractivity contribution in [3.63, 3.8) is 0 Å². The van der Waals surface area contributed by atoms with Gasteiger partial charge in [-0.3, -0.25) is 19.8 Å². The van der Waals surface area contributed by atoms with Gasteiger partial charge in [-0.25, -0.2) is 9.97 Å². The number of rotatable bonds is 5. The highest BCUT2D eigenvalue weighted by atomic mass is 16.5. The van der Waals surface area contributed by atoms with Crippen LogP contribution in [0.1, 0.15) is 0 Å². The Labute approximate surface area is 98.8 Å². The van der Waals surface area contributed by atoms with Gasteiger partial charge in [-0.15, -0.1) is 0 Å². The molecule has 7 nitrogen and oxygen atoms in total. The van der Waals surface area contributed by atoms with Crippen molar-refractivity contribution in [2.45, 2.75) is 0 Å². The van der Waals surface area contributed by atoms with Crippen molar-refractivity contribution >= 4 is 17.8 Å². The monoisotopic (exact) mass is 238 g/mol. The Morgan fingerprint density at radius 3 is 2.59 bits per heavy atom. The first-order valence-electron chi connectivity index (χ1n) is 4.94. The molecule has 17 heavy (non-hydrogen) atoms. The summed E-state index contributed by atoms with van der Waals surface area (Å²) in [6.07, 6.45) is 3.06. The molecule has 1 rings (SSSR count). The van der Waals surface area contributed by atoms with Crippen molar-refractivity contribution < 1.29 is 14.3 Å². The van der Waals surface area contributed by atoms with E-state index in [-0.39, 0.29) is 24.9 Å². The molecule has 7 heteroatoms. The summed E-state index contributed by atoms with van der Waals surface area (Å²) in [7, 11) is 2.94. The van der Waals surface area contributed by atoms with Gasteiger partial charge in [-0.2, -0.15) is 0 Å². The summed E-state index contributed by atoms with van der Waals surface area (Å²) in [5.74, 6) is -0.442. The third-order valence-corrected chi connectivity index (χ3v) is 1.86. The second-order valence-electron chi connectivity index (χ2n) is 3.37. The zero-order chi connectivity index (χ0) is 12.7. The van der Waals surface area contributed by atoms with Crippen molar-refractivity contribution in [1.82, 2.24) is 14.9 Å². The second kappa shape index (κ2) is 6.54. The third-order valence-electron chi connectivity index (χ3n) is 1.86. The first kappa shape index (κ1) is 13.0. The molecule has 0 fully saturated rings. The maximum Gasteiger partial charge on any atom is 0.319 e. The number of hydrogen-bond donors (Lipinski definition) is 1. The van der Waals surface area contributed by atoms with Gasteiger partial charge < -0.3 is 4.74 Å². The van der Waals surface area contributed by atoms with Gasteiger partial charge in [0.25, 0.3) is 0 Å². The van der Waals surface area contributed by atoms with Crippen molar-refractivity contribution in [3.8, 4) is 0 Å². The fraction of sp³-hybridized carbons (Fsp3) is 0.400. The molecule has 1 heterocycles. The number of nitrogens with one attached hydrogen (secondary N) is 1. The Balaban J connectivity index is 2.37. The topological polar surface area (TPSA) is 84.4 Å². The molecule has 0 aliphatic heterocycles. The van der Waals surface area contributed by atoms with Crippen molar-refractivity contribution in [3.05, 3.63) is 18.5 Å². The average molecular weight is 238 g/mol. The van der Waals surface area contributed by atoms with Crippen molar-refractivity contribution in [2.24, 2.45) is 0 Å². The van der Waals surface area contributed by atoms with Crippen LogP contribution in [0.3, 0.4) is 0 Å². The summed E-state index contributed by atoms with van der Waals surface area (Å²) < 4.78 is 4.48. The number of methoxy groups -OCH3 is 1. The lowest BCUT2D eigenvalue weighted by atomic mass is 10.5. The zero-order valence-electron chi connectivity index (χ0n) is 9.71. The number of ether oxygens (including phenoxy) is 1. The number of likely N-dealkylation sites (N-methyl/N-ethyl adjacent to an activating group) is 1. The molecule has 0 radical (unpaired) electrons. The number of hydrogen-bond acceptors (Lipinski definition) is 6. The van der Waals surface area contributed by atoms with Crippen LogP contribution in [-0.4, -0.2) is 54.0 Å². The lowest BCUT2D eigenvalue weighted by molar-refractivity contribution is -0.141. The molecular weight excluding hydrogens is 224 g/mol. The van der Waals surface area contributed by atoms with E-state index in [9.17, 15) is 9.59 Å². The lowest BCUT2D eigenvalue weighted by Crippen LogP contribution is -2.34. The lowest BCUT2D eigenvalue weighted by Gasteiger charge is -2.13. The zero-order valence-corrected chi connectivity index (χ0v) is 9.71. The number of esters is 1. The van der Waals surface area contributed by atoms with Crippen LogP contribution in [0, 0.1) is 0 Å². The second-order valence-corrected chi connectivity index (χ2v) is 3.37. The first-order chi connectivity index (χ1) is 8.11. The molecule has 0 saturated heterocycles. The Kier molecular flexibility index (Phi) is 5.02. The standard InChI is InChI=1S/C10H14N4O3/c1-14(7-9(16)17-2)6-8(15)13-10-11-4-3-5-12-10/h3-5H,6-7H2,1-2H3,(H,11,12,13,15). The van der Waals surface area contributed by atoms with Gasteiger partial charge in [0.2, 0.25) is 11.9 Å². The van der Waals surface area contributed by atoms with E-state index in [0.717, 1.165) is 0 Å². The minimum atomic E-state index is -0.392. The molecule has 0 unspecified atom stereocenters. The highest BCUT2D eigenvalue weighted by Gasteiger charge is 2.11. The summed E-state index contributed by atoms with van der Waals surface area (Å²) in [5, 5.41) is 2.51. The highest BCUT2D eigenvalue weighted by Crippen LogP contribution is 1.94. The SMILES string of the molecule is COC(=O)CN(C)CC(=O)Nc1ncccn1. The summed E-state index contributed by atoms with van der Waals surface area (Å²) in [5.41, 5.74) is 0. The molecule has 0 bridgehead atoms. The predicted molar refractivity (Wildman–Crippen MR) is 60.2 cm³/mol. The predicted octanol–water partition coefficient (Wildman–Crippen LogP) is -0.480. The number of carbonyl (C=O) groups excluding carboxylic acids is 2. The molecule has 0 aliphatic rings. The van der Waals surface area contributed by atoms with Gasteiger partial charge in [0, 0.05) is 12.4 Å². The van der Waals surface area contributed by atoms with E-state index in [1.54, 1.807) is 13.1 Å². The molecule has 1 amide bonds. The van der Waals surface area contributed by atoms with Gasteiger partial charge in [0.1, 0.15) is 0 Å². The Hall–Kier alpha value is -2.02. The van der Waals surface area contributed by atoms with Crippen LogP contribution in [0.25, 0.3) is 0 Å². The van der Waals surface area contributed by atoms with Gasteiger partial charge in [-0.1, -0.05) is 0 Å². The molecule has 0 atom stereocenters. The Morgan fingerprint density at radius 2 is 2.00 bits per heavy atom. The fourth-order valence-corrected chi connectivity index (χ4v) is 1.11. The van der Waals surface area contributed by atoms with E-state index >= 15 is 0 Å². The smallest absolute Gasteiger partial charge is 0.319 e. The van der Waals surface area contributed by atoms with Gasteiger partial charge in [0.05, 0.1) is 20.2 Å². The quantitative estimate of drug-likeness (QED) is 0.697. The number of amides is 1. The van der Waals surface area contributed by atoms with Crippen molar-refractivity contribution in [1.29, 1.82) is 0 Å². The number of anilines is 1. The van der Waals surface area contributed by atoms with Gasteiger partial charge >= 0.3 is 5.97 Å². The summed E-state index contributed by atoms with van der Waals surface area (Å²) in [4.78, 5) is 31.7. The van der Waals surface area contributed by atoms with Crippen LogP contribution >= 0.6 is 0 Å². The molecule has 1 aromatic heterocycles. The number of nitrogens with zero attached hydrogens (tertiary/aromatic N) is 3. The van der Waals surface area contributed by atoms with Crippen LogP contribution in [-0.2, 0) is 14.3 Å². The normalized spacial score (nSPS) is 10.1. The Morgan fingerprint density at radius 1 is 1.35 bits per heavy atom. The summed E-state index contributed by atoms with van der Waals surface area (Å²) in [6.45, 7) is 0.118. The van der Waals surface area contributed by atoms with Gasteiger partial charge in [0.15, 0.2) is 0 Å². The third kappa shape index (κ3) is 5.03. The van der Waals surface area contributed by atoms with E-state index in [0.29, 0.717) is 0 Å². The average Bonchev–Trinajstić information content (AvgIpc) is 2.29. The van der Waals surface area contributed by atoms with Crippen molar-refractivity contribution in [2.75, 3.05) is 32.6 Å². The van der Waals surface area contributed by atoms with E-state index in [1.165, 1.54) is 24.4 Å². The van der Waals surface area contributed by atoms with Crippen LogP contribution < -0.4 is 5.32 Å². The van der Waals surface area contributed by atoms with E-state index in [1.807, 2.05) is 0 Å². The molecule has 0 aliphatic carbocycles.